The summed E-state index contributed by atoms with van der Waals surface area (Å²) in [5.41, 5.74) is 3.64. The van der Waals surface area contributed by atoms with E-state index < -0.39 is 0 Å². The zero-order valence-corrected chi connectivity index (χ0v) is 13.0. The second-order valence-corrected chi connectivity index (χ2v) is 5.68. The van der Waals surface area contributed by atoms with Crippen LogP contribution in [0.25, 0.3) is 0 Å². The molecule has 1 unspecified atom stereocenters. The topological polar surface area (TPSA) is 18.5 Å². The predicted molar refractivity (Wildman–Crippen MR) is 79.4 cm³/mol. The molecule has 0 aliphatic rings. The number of hydrogen-bond donors (Lipinski definition) is 0. The highest BCUT2D eigenvalue weighted by Gasteiger charge is 2.16. The molecule has 0 bridgehead atoms. The Labute approximate surface area is 120 Å². The zero-order chi connectivity index (χ0) is 13.1. The van der Waals surface area contributed by atoms with Crippen molar-refractivity contribution in [1.29, 1.82) is 0 Å². The molecule has 0 fully saturated rings. The lowest BCUT2D eigenvalue weighted by molar-refractivity contribution is 0.354. The third-order valence-electron chi connectivity index (χ3n) is 2.88. The van der Waals surface area contributed by atoms with Crippen molar-refractivity contribution in [3.05, 3.63) is 45.6 Å². The highest BCUT2D eigenvalue weighted by atomic mass is 79.9. The molecule has 1 aromatic heterocycles. The first kappa shape index (κ1) is 13.4. The molecular formula is C14H15BrO2S. The van der Waals surface area contributed by atoms with Crippen molar-refractivity contribution in [2.24, 2.45) is 0 Å². The standard InChI is InChI=1S/C14H15BrO2S/c1-9-6-12(16-2)13(17-3)7-11(9)14(15)10-4-5-18-8-10/h4-8,14H,1-3H3. The molecule has 0 spiro atoms. The molecule has 0 N–H and O–H groups in total. The maximum absolute atomic E-state index is 5.36. The number of benzene rings is 1. The van der Waals surface area contributed by atoms with Gasteiger partial charge in [0.15, 0.2) is 11.5 Å². The summed E-state index contributed by atoms with van der Waals surface area (Å²) in [6, 6.07) is 6.17. The van der Waals surface area contributed by atoms with E-state index in [1.807, 2.05) is 12.1 Å². The van der Waals surface area contributed by atoms with Crippen LogP contribution in [0.3, 0.4) is 0 Å². The molecule has 2 aromatic rings. The van der Waals surface area contributed by atoms with Crippen molar-refractivity contribution in [2.75, 3.05) is 14.2 Å². The predicted octanol–water partition coefficient (Wildman–Crippen LogP) is 4.56. The fraction of sp³-hybridized carbons (Fsp3) is 0.286. The van der Waals surface area contributed by atoms with Crippen LogP contribution in [0, 0.1) is 6.92 Å². The number of hydrogen-bond acceptors (Lipinski definition) is 3. The normalized spacial score (nSPS) is 12.2. The number of halogens is 1. The van der Waals surface area contributed by atoms with Crippen LogP contribution in [0.5, 0.6) is 11.5 Å². The van der Waals surface area contributed by atoms with Crippen LogP contribution in [0.2, 0.25) is 0 Å². The van der Waals surface area contributed by atoms with E-state index in [0.29, 0.717) is 0 Å². The molecule has 1 atom stereocenters. The Bertz CT molecular complexity index is 523. The van der Waals surface area contributed by atoms with Crippen molar-refractivity contribution in [3.8, 4) is 11.5 Å². The minimum absolute atomic E-state index is 0.184. The molecule has 2 nitrogen and oxygen atoms in total. The first-order valence-electron chi connectivity index (χ1n) is 5.56. The Morgan fingerprint density at radius 2 is 1.83 bits per heavy atom. The van der Waals surface area contributed by atoms with Gasteiger partial charge in [-0.05, 0) is 52.6 Å². The van der Waals surface area contributed by atoms with Gasteiger partial charge in [0.1, 0.15) is 0 Å². The van der Waals surface area contributed by atoms with Crippen molar-refractivity contribution in [2.45, 2.75) is 11.8 Å². The molecule has 4 heteroatoms. The van der Waals surface area contributed by atoms with Crippen LogP contribution in [0.15, 0.2) is 29.0 Å². The van der Waals surface area contributed by atoms with E-state index in [0.717, 1.165) is 11.5 Å². The average molecular weight is 327 g/mol. The Balaban J connectivity index is 2.45. The summed E-state index contributed by atoms with van der Waals surface area (Å²) in [5.74, 6) is 1.53. The Hall–Kier alpha value is -1.00. The van der Waals surface area contributed by atoms with Crippen LogP contribution in [0.1, 0.15) is 21.5 Å². The molecule has 0 saturated heterocycles. The molecule has 96 valence electrons. The molecule has 2 rings (SSSR count). The molecule has 0 aliphatic carbocycles. The molecule has 0 radical (unpaired) electrons. The minimum Gasteiger partial charge on any atom is -0.493 e. The number of thiophene rings is 1. The molecule has 0 aliphatic heterocycles. The quantitative estimate of drug-likeness (QED) is 0.767. The lowest BCUT2D eigenvalue weighted by Crippen LogP contribution is -1.98. The SMILES string of the molecule is COc1cc(C)c(C(Br)c2ccsc2)cc1OC. The maximum Gasteiger partial charge on any atom is 0.161 e. The molecule has 0 amide bonds. The summed E-state index contributed by atoms with van der Waals surface area (Å²) in [5, 5.41) is 4.23. The van der Waals surface area contributed by atoms with Gasteiger partial charge < -0.3 is 9.47 Å². The molecular weight excluding hydrogens is 312 g/mol. The molecule has 1 heterocycles. The van der Waals surface area contributed by atoms with Crippen molar-refractivity contribution in [3.63, 3.8) is 0 Å². The van der Waals surface area contributed by atoms with E-state index in [9.17, 15) is 0 Å². The lowest BCUT2D eigenvalue weighted by Gasteiger charge is -2.16. The van der Waals surface area contributed by atoms with Crippen LogP contribution >= 0.6 is 27.3 Å². The fourth-order valence-electron chi connectivity index (χ4n) is 1.87. The van der Waals surface area contributed by atoms with E-state index in [1.165, 1.54) is 16.7 Å². The Kier molecular flexibility index (Phi) is 4.30. The summed E-state index contributed by atoms with van der Waals surface area (Å²) in [4.78, 5) is 0.184. The van der Waals surface area contributed by atoms with Gasteiger partial charge in [-0.3, -0.25) is 0 Å². The molecule has 1 aromatic carbocycles. The van der Waals surface area contributed by atoms with Gasteiger partial charge in [-0.15, -0.1) is 0 Å². The number of alkyl halides is 1. The smallest absolute Gasteiger partial charge is 0.161 e. The first-order valence-corrected chi connectivity index (χ1v) is 7.42. The van der Waals surface area contributed by atoms with Gasteiger partial charge in [0.2, 0.25) is 0 Å². The zero-order valence-electron chi connectivity index (χ0n) is 10.6. The summed E-state index contributed by atoms with van der Waals surface area (Å²) < 4.78 is 10.7. The van der Waals surface area contributed by atoms with Crippen LogP contribution in [-0.4, -0.2) is 14.2 Å². The summed E-state index contributed by atoms with van der Waals surface area (Å²) >= 11 is 5.44. The summed E-state index contributed by atoms with van der Waals surface area (Å²) in [6.07, 6.45) is 0. The van der Waals surface area contributed by atoms with Gasteiger partial charge in [-0.2, -0.15) is 11.3 Å². The minimum atomic E-state index is 0.184. The summed E-state index contributed by atoms with van der Waals surface area (Å²) in [7, 11) is 3.31. The van der Waals surface area contributed by atoms with E-state index in [4.69, 9.17) is 9.47 Å². The lowest BCUT2D eigenvalue weighted by atomic mass is 10.0. The van der Waals surface area contributed by atoms with Crippen LogP contribution < -0.4 is 9.47 Å². The third kappa shape index (κ3) is 2.54. The molecule has 0 saturated carbocycles. The number of rotatable bonds is 4. The van der Waals surface area contributed by atoms with Crippen LogP contribution in [-0.2, 0) is 0 Å². The average Bonchev–Trinajstić information content (AvgIpc) is 2.91. The van der Waals surface area contributed by atoms with Crippen molar-refractivity contribution >= 4 is 27.3 Å². The van der Waals surface area contributed by atoms with Gasteiger partial charge in [0.05, 0.1) is 19.0 Å². The molecule has 18 heavy (non-hydrogen) atoms. The maximum atomic E-state index is 5.36. The van der Waals surface area contributed by atoms with Gasteiger partial charge in [0.25, 0.3) is 0 Å². The monoisotopic (exact) mass is 326 g/mol. The highest BCUT2D eigenvalue weighted by Crippen LogP contribution is 2.39. The number of methoxy groups -OCH3 is 2. The van der Waals surface area contributed by atoms with Crippen molar-refractivity contribution < 1.29 is 9.47 Å². The highest BCUT2D eigenvalue weighted by molar-refractivity contribution is 9.09. The first-order chi connectivity index (χ1) is 8.67. The van der Waals surface area contributed by atoms with Crippen molar-refractivity contribution in [1.82, 2.24) is 0 Å². The van der Waals surface area contributed by atoms with Gasteiger partial charge in [0, 0.05) is 0 Å². The van der Waals surface area contributed by atoms with E-state index >= 15 is 0 Å². The number of ether oxygens (including phenoxy) is 2. The largest absolute Gasteiger partial charge is 0.493 e. The Morgan fingerprint density at radius 1 is 1.17 bits per heavy atom. The summed E-state index contributed by atoms with van der Waals surface area (Å²) in [6.45, 7) is 2.08. The van der Waals surface area contributed by atoms with Crippen LogP contribution in [0.4, 0.5) is 0 Å². The van der Waals surface area contributed by atoms with E-state index in [1.54, 1.807) is 25.6 Å². The van der Waals surface area contributed by atoms with Gasteiger partial charge in [-0.1, -0.05) is 15.9 Å². The number of aryl methyl sites for hydroxylation is 1. The van der Waals surface area contributed by atoms with E-state index in [-0.39, 0.29) is 4.83 Å². The second-order valence-electron chi connectivity index (χ2n) is 3.98. The third-order valence-corrected chi connectivity index (χ3v) is 4.60. The fourth-order valence-corrected chi connectivity index (χ4v) is 3.51. The Morgan fingerprint density at radius 3 is 2.39 bits per heavy atom. The van der Waals surface area contributed by atoms with Gasteiger partial charge >= 0.3 is 0 Å². The second kappa shape index (κ2) is 5.76. The van der Waals surface area contributed by atoms with E-state index in [2.05, 4.69) is 39.7 Å². The van der Waals surface area contributed by atoms with Gasteiger partial charge in [-0.25, -0.2) is 0 Å².